The highest BCUT2D eigenvalue weighted by Gasteiger charge is 2.28. The number of nitrogens with zero attached hydrogens (tertiary/aromatic N) is 2. The van der Waals surface area contributed by atoms with Crippen molar-refractivity contribution in [1.29, 1.82) is 0 Å². The zero-order valence-corrected chi connectivity index (χ0v) is 17.4. The Labute approximate surface area is 179 Å². The summed E-state index contributed by atoms with van der Waals surface area (Å²) in [5.41, 5.74) is 2.22. The van der Waals surface area contributed by atoms with Gasteiger partial charge in [-0.2, -0.15) is 0 Å². The number of carbonyl (C=O) groups excluding carboxylic acids is 1. The molecule has 1 N–H and O–H groups in total. The molecule has 31 heavy (non-hydrogen) atoms. The van der Waals surface area contributed by atoms with E-state index in [9.17, 15) is 23.3 Å². The summed E-state index contributed by atoms with van der Waals surface area (Å²) >= 11 is 0. The molecule has 0 spiro atoms. The fourth-order valence-electron chi connectivity index (χ4n) is 3.63. The van der Waals surface area contributed by atoms with Gasteiger partial charge in [0.2, 0.25) is 0 Å². The van der Waals surface area contributed by atoms with Gasteiger partial charge >= 0.3 is 0 Å². The number of carbonyl (C=O) groups is 1. The molecule has 0 atom stereocenters. The van der Waals surface area contributed by atoms with Crippen LogP contribution < -0.4 is 9.62 Å². The molecule has 0 unspecified atom stereocenters. The first kappa shape index (κ1) is 20.5. The van der Waals surface area contributed by atoms with Gasteiger partial charge in [-0.25, -0.2) is 8.42 Å². The molecule has 0 bridgehead atoms. The average molecular weight is 437 g/mol. The number of hydrogen-bond acceptors (Lipinski definition) is 5. The summed E-state index contributed by atoms with van der Waals surface area (Å²) in [6.07, 6.45) is 0.535. The Hall–Kier alpha value is -3.72. The Kier molecular flexibility index (Phi) is 5.20. The number of fused-ring (bicyclic) bond motifs is 1. The lowest BCUT2D eigenvalue weighted by atomic mass is 10.1. The maximum Gasteiger partial charge on any atom is 0.274 e. The molecule has 0 saturated carbocycles. The molecule has 0 radical (unpaired) electrons. The molecule has 3 aromatic rings. The molecule has 1 amide bonds. The van der Waals surface area contributed by atoms with Crippen molar-refractivity contribution in [3.05, 3.63) is 93.5 Å². The lowest BCUT2D eigenvalue weighted by molar-refractivity contribution is -0.385. The van der Waals surface area contributed by atoms with E-state index in [1.165, 1.54) is 31.2 Å². The zero-order chi connectivity index (χ0) is 22.2. The average Bonchev–Trinajstić information content (AvgIpc) is 3.18. The monoisotopic (exact) mass is 437 g/mol. The van der Waals surface area contributed by atoms with Gasteiger partial charge in [-0.05, 0) is 55.3 Å². The van der Waals surface area contributed by atoms with Crippen molar-refractivity contribution in [1.82, 2.24) is 0 Å². The summed E-state index contributed by atoms with van der Waals surface area (Å²) in [6.45, 7) is 1.95. The van der Waals surface area contributed by atoms with Crippen molar-refractivity contribution in [3.63, 3.8) is 0 Å². The molecule has 4 rings (SSSR count). The van der Waals surface area contributed by atoms with Crippen LogP contribution in [0.2, 0.25) is 0 Å². The third kappa shape index (κ3) is 3.87. The van der Waals surface area contributed by atoms with Gasteiger partial charge in [-0.3, -0.25) is 19.6 Å². The topological polar surface area (TPSA) is 110 Å². The van der Waals surface area contributed by atoms with E-state index in [1.54, 1.807) is 41.3 Å². The molecule has 1 aliphatic rings. The highest BCUT2D eigenvalue weighted by atomic mass is 32.2. The SMILES string of the molecule is Cc1c(NS(=O)(=O)c2ccc3c(c2)CCN3C(=O)c2ccccc2)cccc1[N+](=O)[O-]. The van der Waals surface area contributed by atoms with Crippen LogP contribution >= 0.6 is 0 Å². The number of sulfonamides is 1. The number of amides is 1. The van der Waals surface area contributed by atoms with Gasteiger partial charge in [-0.1, -0.05) is 24.3 Å². The summed E-state index contributed by atoms with van der Waals surface area (Å²) in [7, 11) is -3.97. The molecule has 0 aliphatic carbocycles. The van der Waals surface area contributed by atoms with Crippen molar-refractivity contribution < 1.29 is 18.1 Å². The first-order chi connectivity index (χ1) is 14.8. The van der Waals surface area contributed by atoms with Crippen LogP contribution in [-0.4, -0.2) is 25.8 Å². The quantitative estimate of drug-likeness (QED) is 0.481. The zero-order valence-electron chi connectivity index (χ0n) is 16.6. The lowest BCUT2D eigenvalue weighted by Gasteiger charge is -2.18. The van der Waals surface area contributed by atoms with Crippen LogP contribution in [0.3, 0.4) is 0 Å². The maximum atomic E-state index is 12.9. The van der Waals surface area contributed by atoms with Gasteiger partial charge < -0.3 is 4.90 Å². The van der Waals surface area contributed by atoms with Crippen molar-refractivity contribution >= 4 is 33.0 Å². The molecule has 0 fully saturated rings. The Morgan fingerprint density at radius 2 is 1.81 bits per heavy atom. The van der Waals surface area contributed by atoms with E-state index in [2.05, 4.69) is 4.72 Å². The van der Waals surface area contributed by atoms with Crippen LogP contribution in [0, 0.1) is 17.0 Å². The van der Waals surface area contributed by atoms with Crippen molar-refractivity contribution in [2.75, 3.05) is 16.2 Å². The molecular weight excluding hydrogens is 418 g/mol. The van der Waals surface area contributed by atoms with E-state index in [-0.39, 0.29) is 27.7 Å². The Morgan fingerprint density at radius 1 is 1.06 bits per heavy atom. The summed E-state index contributed by atoms with van der Waals surface area (Å²) in [6, 6.07) is 17.7. The normalized spacial score (nSPS) is 13.0. The molecule has 0 aromatic heterocycles. The van der Waals surface area contributed by atoms with Gasteiger partial charge in [0.25, 0.3) is 21.6 Å². The van der Waals surface area contributed by atoms with Gasteiger partial charge in [0, 0.05) is 23.9 Å². The molecule has 0 saturated heterocycles. The van der Waals surface area contributed by atoms with Gasteiger partial charge in [0.1, 0.15) is 0 Å². The third-order valence-corrected chi connectivity index (χ3v) is 6.63. The van der Waals surface area contributed by atoms with E-state index in [0.29, 0.717) is 24.2 Å². The summed E-state index contributed by atoms with van der Waals surface area (Å²) in [4.78, 5) is 25.0. The summed E-state index contributed by atoms with van der Waals surface area (Å²) in [5, 5.41) is 11.1. The van der Waals surface area contributed by atoms with Crippen LogP contribution in [0.5, 0.6) is 0 Å². The summed E-state index contributed by atoms with van der Waals surface area (Å²) in [5.74, 6) is -0.139. The second kappa shape index (κ2) is 7.84. The minimum Gasteiger partial charge on any atom is -0.308 e. The summed E-state index contributed by atoms with van der Waals surface area (Å²) < 4.78 is 28.3. The fraction of sp³-hybridized carbons (Fsp3) is 0.136. The van der Waals surface area contributed by atoms with Crippen molar-refractivity contribution in [2.45, 2.75) is 18.2 Å². The van der Waals surface area contributed by atoms with E-state index < -0.39 is 14.9 Å². The molecule has 8 nitrogen and oxygen atoms in total. The van der Waals surface area contributed by atoms with E-state index in [0.717, 1.165) is 5.56 Å². The molecule has 1 aliphatic heterocycles. The smallest absolute Gasteiger partial charge is 0.274 e. The Balaban J connectivity index is 1.62. The van der Waals surface area contributed by atoms with Gasteiger partial charge in [-0.15, -0.1) is 0 Å². The van der Waals surface area contributed by atoms with Crippen LogP contribution in [0.1, 0.15) is 21.5 Å². The minimum atomic E-state index is -3.97. The number of nitro groups is 1. The minimum absolute atomic E-state index is 0.0335. The van der Waals surface area contributed by atoms with Crippen LogP contribution in [-0.2, 0) is 16.4 Å². The molecule has 3 aromatic carbocycles. The predicted octanol–water partition coefficient (Wildman–Crippen LogP) is 3.91. The van der Waals surface area contributed by atoms with Crippen LogP contribution in [0.4, 0.5) is 17.1 Å². The highest BCUT2D eigenvalue weighted by molar-refractivity contribution is 7.92. The van der Waals surface area contributed by atoms with Crippen molar-refractivity contribution in [3.8, 4) is 0 Å². The standard InChI is InChI=1S/C22H19N3O5S/c1-15-19(8-5-9-20(15)25(27)28)23-31(29,30)18-10-11-21-17(14-18)12-13-24(21)22(26)16-6-3-2-4-7-16/h2-11,14,23H,12-13H2,1H3. The molecule has 9 heteroatoms. The number of hydrogen-bond donors (Lipinski definition) is 1. The predicted molar refractivity (Wildman–Crippen MR) is 117 cm³/mol. The fourth-order valence-corrected chi connectivity index (χ4v) is 4.80. The van der Waals surface area contributed by atoms with E-state index in [1.807, 2.05) is 6.07 Å². The largest absolute Gasteiger partial charge is 0.308 e. The maximum absolute atomic E-state index is 12.9. The van der Waals surface area contributed by atoms with Crippen molar-refractivity contribution in [2.24, 2.45) is 0 Å². The second-order valence-electron chi connectivity index (χ2n) is 7.18. The Morgan fingerprint density at radius 3 is 2.52 bits per heavy atom. The van der Waals surface area contributed by atoms with Gasteiger partial charge in [0.05, 0.1) is 21.1 Å². The van der Waals surface area contributed by atoms with E-state index in [4.69, 9.17) is 0 Å². The second-order valence-corrected chi connectivity index (χ2v) is 8.86. The number of benzene rings is 3. The van der Waals surface area contributed by atoms with Crippen LogP contribution in [0.25, 0.3) is 0 Å². The third-order valence-electron chi connectivity index (χ3n) is 5.27. The molecule has 1 heterocycles. The van der Waals surface area contributed by atoms with Gasteiger partial charge in [0.15, 0.2) is 0 Å². The number of nitro benzene ring substituents is 1. The number of anilines is 2. The van der Waals surface area contributed by atoms with Crippen LogP contribution in [0.15, 0.2) is 71.6 Å². The molecule has 158 valence electrons. The first-order valence-corrected chi connectivity index (χ1v) is 11.0. The number of rotatable bonds is 5. The Bertz CT molecular complexity index is 1290. The van der Waals surface area contributed by atoms with E-state index >= 15 is 0 Å². The number of nitrogens with one attached hydrogen (secondary N) is 1. The highest BCUT2D eigenvalue weighted by Crippen LogP contribution is 2.33. The first-order valence-electron chi connectivity index (χ1n) is 9.54. The lowest BCUT2D eigenvalue weighted by Crippen LogP contribution is -2.28. The molecular formula is C22H19N3O5S.